The average molecular weight is 398 g/mol. The van der Waals surface area contributed by atoms with Gasteiger partial charge >= 0.3 is 49.7 Å². The summed E-state index contributed by atoms with van der Waals surface area (Å²) in [5, 5.41) is 21.4. The van der Waals surface area contributed by atoms with Crippen molar-refractivity contribution in [2.75, 3.05) is 13.2 Å². The van der Waals surface area contributed by atoms with Crippen molar-refractivity contribution >= 4 is 49.7 Å². The molecule has 0 aliphatic heterocycles. The number of rotatable bonds is 6. The van der Waals surface area contributed by atoms with Crippen molar-refractivity contribution < 1.29 is 29.3 Å². The molecule has 2 aromatic carbocycles. The van der Waals surface area contributed by atoms with Gasteiger partial charge in [0, 0.05) is 0 Å². The van der Waals surface area contributed by atoms with E-state index in [-0.39, 0.29) is 61.2 Å². The van der Waals surface area contributed by atoms with Gasteiger partial charge in [0.2, 0.25) is 0 Å². The molecule has 0 aliphatic carbocycles. The number of hydrogen-bond acceptors (Lipinski definition) is 6. The first-order valence-electron chi connectivity index (χ1n) is 8.36. The summed E-state index contributed by atoms with van der Waals surface area (Å²) in [5.41, 5.74) is 0.848. The van der Waals surface area contributed by atoms with Gasteiger partial charge in [-0.15, -0.1) is 11.5 Å². The third-order valence-electron chi connectivity index (χ3n) is 3.05. The zero-order valence-electron chi connectivity index (χ0n) is 15.6. The molecule has 0 saturated heterocycles. The van der Waals surface area contributed by atoms with Crippen LogP contribution in [0.4, 0.5) is 0 Å². The van der Waals surface area contributed by atoms with Gasteiger partial charge in [-0.1, -0.05) is 38.1 Å². The quantitative estimate of drug-likeness (QED) is 0.547. The maximum absolute atomic E-state index is 11.2. The first-order chi connectivity index (χ1) is 12.5. The Bertz CT molecular complexity index is 621. The van der Waals surface area contributed by atoms with Crippen LogP contribution >= 0.6 is 0 Å². The van der Waals surface area contributed by atoms with Crippen LogP contribution in [-0.4, -0.2) is 62.9 Å². The van der Waals surface area contributed by atoms with Crippen molar-refractivity contribution in [3.63, 3.8) is 0 Å². The van der Waals surface area contributed by atoms with Crippen LogP contribution in [0.1, 0.15) is 47.4 Å². The molecule has 0 aliphatic rings. The molecule has 6 nitrogen and oxygen atoms in total. The molecule has 0 spiro atoms. The Morgan fingerprint density at radius 3 is 1.26 bits per heavy atom. The molecular formula is C20H22CaO6. The first-order valence-corrected chi connectivity index (χ1v) is 8.36. The van der Waals surface area contributed by atoms with E-state index in [1.54, 1.807) is 0 Å². The summed E-state index contributed by atoms with van der Waals surface area (Å²) in [5.74, 6) is -0.956. The summed E-state index contributed by atoms with van der Waals surface area (Å²) < 4.78 is 9.75. The number of ether oxygens (including phenoxy) is 2. The molecule has 0 radical (unpaired) electrons. The Morgan fingerprint density at radius 1 is 0.704 bits per heavy atom. The average Bonchev–Trinajstić information content (AvgIpc) is 2.66. The standard InChI is InChI=1S/2C10H12O3.Ca/c2*1-2-7-13-10(12)8-3-5-9(11)6-4-8;/h2*3-6,11H,2,7H2,1H3;/q;;+2/p-2. The van der Waals surface area contributed by atoms with Crippen molar-refractivity contribution in [1.29, 1.82) is 0 Å². The summed E-state index contributed by atoms with van der Waals surface area (Å²) in [6.07, 6.45) is 1.59. The van der Waals surface area contributed by atoms with Crippen molar-refractivity contribution in [2.45, 2.75) is 26.7 Å². The van der Waals surface area contributed by atoms with Crippen molar-refractivity contribution in [1.82, 2.24) is 0 Å². The van der Waals surface area contributed by atoms with Gasteiger partial charge in [0.25, 0.3) is 0 Å². The zero-order chi connectivity index (χ0) is 19.4. The van der Waals surface area contributed by atoms with E-state index in [1.165, 1.54) is 48.5 Å². The number of carbonyl (C=O) groups excluding carboxylic acids is 2. The van der Waals surface area contributed by atoms with Gasteiger partial charge in [0.1, 0.15) is 0 Å². The summed E-state index contributed by atoms with van der Waals surface area (Å²) in [7, 11) is 0. The predicted molar refractivity (Wildman–Crippen MR) is 98.7 cm³/mol. The Hall–Kier alpha value is -1.76. The maximum Gasteiger partial charge on any atom is 2.00 e. The Balaban J connectivity index is 0.000000483. The number of esters is 2. The van der Waals surface area contributed by atoms with E-state index >= 15 is 0 Å². The minimum absolute atomic E-state index is 0. The molecular weight excluding hydrogens is 376 g/mol. The summed E-state index contributed by atoms with van der Waals surface area (Å²) in [4.78, 5) is 22.4. The molecule has 27 heavy (non-hydrogen) atoms. The second-order valence-electron chi connectivity index (χ2n) is 5.32. The van der Waals surface area contributed by atoms with Crippen LogP contribution in [0.15, 0.2) is 48.5 Å². The minimum atomic E-state index is -0.373. The van der Waals surface area contributed by atoms with Crippen LogP contribution in [0, 0.1) is 0 Å². The molecule has 0 N–H and O–H groups in total. The maximum atomic E-state index is 11.2. The van der Waals surface area contributed by atoms with E-state index in [4.69, 9.17) is 9.47 Å². The molecule has 0 saturated carbocycles. The van der Waals surface area contributed by atoms with E-state index in [9.17, 15) is 19.8 Å². The molecule has 0 aromatic heterocycles. The van der Waals surface area contributed by atoms with Crippen LogP contribution in [0.2, 0.25) is 0 Å². The van der Waals surface area contributed by atoms with Crippen molar-refractivity contribution in [2.24, 2.45) is 0 Å². The Labute approximate surface area is 189 Å². The molecule has 0 unspecified atom stereocenters. The summed E-state index contributed by atoms with van der Waals surface area (Å²) >= 11 is 0. The third kappa shape index (κ3) is 10.2. The van der Waals surface area contributed by atoms with Crippen LogP contribution in [0.3, 0.4) is 0 Å². The SMILES string of the molecule is CCCOC(=O)c1ccc([O-])cc1.CCCOC(=O)c1ccc([O-])cc1.[Ca+2]. The smallest absolute Gasteiger partial charge is 0.872 e. The van der Waals surface area contributed by atoms with E-state index in [1.807, 2.05) is 13.8 Å². The van der Waals surface area contributed by atoms with Crippen LogP contribution in [0.25, 0.3) is 0 Å². The van der Waals surface area contributed by atoms with E-state index in [0.717, 1.165) is 12.8 Å². The van der Waals surface area contributed by atoms with Crippen molar-refractivity contribution in [3.05, 3.63) is 59.7 Å². The number of benzene rings is 2. The van der Waals surface area contributed by atoms with Gasteiger partial charge in [0.05, 0.1) is 24.3 Å². The molecule has 140 valence electrons. The molecule has 2 rings (SSSR count). The van der Waals surface area contributed by atoms with Gasteiger partial charge in [-0.3, -0.25) is 0 Å². The van der Waals surface area contributed by atoms with Crippen LogP contribution < -0.4 is 10.2 Å². The fourth-order valence-electron chi connectivity index (χ4n) is 1.74. The molecule has 0 bridgehead atoms. The fraction of sp³-hybridized carbons (Fsp3) is 0.300. The zero-order valence-corrected chi connectivity index (χ0v) is 17.8. The topological polar surface area (TPSA) is 98.7 Å². The second-order valence-corrected chi connectivity index (χ2v) is 5.32. The van der Waals surface area contributed by atoms with Gasteiger partial charge < -0.3 is 19.7 Å². The third-order valence-corrected chi connectivity index (χ3v) is 3.05. The Morgan fingerprint density at radius 2 is 1.00 bits per heavy atom. The molecule has 0 amide bonds. The van der Waals surface area contributed by atoms with E-state index < -0.39 is 0 Å². The number of hydrogen-bond donors (Lipinski definition) is 0. The minimum Gasteiger partial charge on any atom is -0.872 e. The van der Waals surface area contributed by atoms with Crippen LogP contribution in [0.5, 0.6) is 11.5 Å². The van der Waals surface area contributed by atoms with Gasteiger partial charge in [0.15, 0.2) is 0 Å². The molecule has 7 heteroatoms. The largest absolute Gasteiger partial charge is 2.00 e. The number of carbonyl (C=O) groups is 2. The molecule has 0 atom stereocenters. The molecule has 2 aromatic rings. The van der Waals surface area contributed by atoms with Gasteiger partial charge in [-0.25, -0.2) is 9.59 Å². The summed E-state index contributed by atoms with van der Waals surface area (Å²) in [6, 6.07) is 11.3. The predicted octanol–water partition coefficient (Wildman–Crippen LogP) is 2.27. The monoisotopic (exact) mass is 398 g/mol. The first kappa shape index (κ1) is 25.2. The Kier molecular flexibility index (Phi) is 13.4. The molecule has 0 fully saturated rings. The van der Waals surface area contributed by atoms with E-state index in [0.29, 0.717) is 24.3 Å². The van der Waals surface area contributed by atoms with Crippen LogP contribution in [-0.2, 0) is 9.47 Å². The summed E-state index contributed by atoms with van der Waals surface area (Å²) in [6.45, 7) is 4.68. The second kappa shape index (κ2) is 14.3. The fourth-order valence-corrected chi connectivity index (χ4v) is 1.74. The normalized spacial score (nSPS) is 9.26. The van der Waals surface area contributed by atoms with Gasteiger partial charge in [-0.05, 0) is 37.1 Å². The van der Waals surface area contributed by atoms with Gasteiger partial charge in [-0.2, -0.15) is 0 Å². The van der Waals surface area contributed by atoms with E-state index in [2.05, 4.69) is 0 Å². The molecule has 0 heterocycles. The van der Waals surface area contributed by atoms with Crippen molar-refractivity contribution in [3.8, 4) is 11.5 Å².